The van der Waals surface area contributed by atoms with E-state index in [1.807, 2.05) is 0 Å². The number of nitrogens with zero attached hydrogens (tertiary/aromatic N) is 2. The van der Waals surface area contributed by atoms with E-state index in [1.54, 1.807) is 45.0 Å². The monoisotopic (exact) mass is 504 g/mol. The molecule has 2 unspecified atom stereocenters. The second-order valence-electron chi connectivity index (χ2n) is 9.25. The highest BCUT2D eigenvalue weighted by atomic mass is 19.4. The van der Waals surface area contributed by atoms with Gasteiger partial charge in [0, 0.05) is 18.2 Å². The summed E-state index contributed by atoms with van der Waals surface area (Å²) in [6.45, 7) is 6.44. The van der Waals surface area contributed by atoms with Crippen molar-refractivity contribution < 1.29 is 32.3 Å². The van der Waals surface area contributed by atoms with E-state index in [-0.39, 0.29) is 5.71 Å². The highest BCUT2D eigenvalue weighted by Crippen LogP contribution is 2.31. The van der Waals surface area contributed by atoms with E-state index in [0.717, 1.165) is 12.1 Å². The largest absolute Gasteiger partial charge is 0.444 e. The number of rotatable bonds is 4. The highest BCUT2D eigenvalue weighted by molar-refractivity contribution is 6.20. The average molecular weight is 505 g/mol. The Kier molecular flexibility index (Phi) is 7.42. The third kappa shape index (κ3) is 6.21. The number of carbonyl (C=O) groups is 3. The topological polar surface area (TPSA) is 100 Å². The number of alkyl carbamates (subject to hydrolysis) is 1. The molecule has 0 saturated carbocycles. The summed E-state index contributed by atoms with van der Waals surface area (Å²) >= 11 is 0. The van der Waals surface area contributed by atoms with Crippen LogP contribution in [-0.2, 0) is 20.5 Å². The predicted octanol–water partition coefficient (Wildman–Crippen LogP) is 3.87. The number of para-hydroxylation sites is 1. The number of nitrogens with one attached hydrogen (secondary N) is 2. The maximum absolute atomic E-state index is 13.2. The summed E-state index contributed by atoms with van der Waals surface area (Å²) in [6.07, 6.45) is -6.71. The molecule has 2 atom stereocenters. The van der Waals surface area contributed by atoms with Gasteiger partial charge in [-0.05, 0) is 45.9 Å². The minimum absolute atomic E-state index is 0.232. The summed E-state index contributed by atoms with van der Waals surface area (Å²) in [5, 5.41) is 4.90. The Morgan fingerprint density at radius 2 is 1.67 bits per heavy atom. The normalized spacial score (nSPS) is 16.9. The van der Waals surface area contributed by atoms with Crippen molar-refractivity contribution in [3.8, 4) is 0 Å². The number of hydrogen-bond acceptors (Lipinski definition) is 5. The summed E-state index contributed by atoms with van der Waals surface area (Å²) in [5.74, 6) is -1.27. The van der Waals surface area contributed by atoms with Gasteiger partial charge < -0.3 is 20.3 Å². The quantitative estimate of drug-likeness (QED) is 0.660. The van der Waals surface area contributed by atoms with Crippen LogP contribution in [0.15, 0.2) is 53.5 Å². The van der Waals surface area contributed by atoms with Gasteiger partial charge in [-0.1, -0.05) is 30.3 Å². The average Bonchev–Trinajstić information content (AvgIpc) is 2.88. The Labute approximate surface area is 206 Å². The lowest BCUT2D eigenvalue weighted by atomic mass is 9.99. The molecule has 1 aliphatic heterocycles. The van der Waals surface area contributed by atoms with Gasteiger partial charge in [0.15, 0.2) is 0 Å². The molecule has 0 aliphatic carbocycles. The number of benzene rings is 2. The number of likely N-dealkylation sites (N-methyl/N-ethyl adjacent to an activating group) is 1. The van der Waals surface area contributed by atoms with Crippen molar-refractivity contribution >= 4 is 29.3 Å². The third-order valence-corrected chi connectivity index (χ3v) is 5.23. The number of benzodiazepines with no additional fused rings is 1. The zero-order valence-electron chi connectivity index (χ0n) is 20.4. The molecule has 192 valence electrons. The summed E-state index contributed by atoms with van der Waals surface area (Å²) in [5.41, 5.74) is -0.0587. The lowest BCUT2D eigenvalue weighted by Crippen LogP contribution is -2.52. The van der Waals surface area contributed by atoms with Gasteiger partial charge in [0.05, 0.1) is 17.0 Å². The van der Waals surface area contributed by atoms with Crippen molar-refractivity contribution in [2.75, 3.05) is 11.9 Å². The van der Waals surface area contributed by atoms with Crippen LogP contribution in [0.25, 0.3) is 0 Å². The van der Waals surface area contributed by atoms with Gasteiger partial charge in [-0.15, -0.1) is 0 Å². The molecule has 0 aromatic heterocycles. The van der Waals surface area contributed by atoms with Crippen molar-refractivity contribution in [3.05, 3.63) is 65.2 Å². The van der Waals surface area contributed by atoms with Gasteiger partial charge in [0.25, 0.3) is 5.91 Å². The Morgan fingerprint density at radius 3 is 2.25 bits per heavy atom. The van der Waals surface area contributed by atoms with Gasteiger partial charge in [0.2, 0.25) is 12.1 Å². The third-order valence-electron chi connectivity index (χ3n) is 5.23. The smallest absolute Gasteiger partial charge is 0.416 e. The molecule has 1 heterocycles. The van der Waals surface area contributed by atoms with Crippen molar-refractivity contribution in [2.45, 2.75) is 51.7 Å². The minimum Gasteiger partial charge on any atom is -0.444 e. The number of amides is 3. The van der Waals surface area contributed by atoms with Crippen molar-refractivity contribution in [2.24, 2.45) is 4.99 Å². The number of anilines is 1. The molecule has 2 aromatic carbocycles. The van der Waals surface area contributed by atoms with E-state index in [1.165, 1.54) is 31.0 Å². The molecule has 1 aliphatic rings. The molecule has 2 aromatic rings. The van der Waals surface area contributed by atoms with Crippen molar-refractivity contribution in [3.63, 3.8) is 0 Å². The maximum atomic E-state index is 13.2. The van der Waals surface area contributed by atoms with Crippen LogP contribution in [-0.4, -0.2) is 48.5 Å². The molecule has 2 N–H and O–H groups in total. The van der Waals surface area contributed by atoms with Gasteiger partial charge in [-0.2, -0.15) is 13.2 Å². The predicted molar refractivity (Wildman–Crippen MR) is 128 cm³/mol. The van der Waals surface area contributed by atoms with Gasteiger partial charge >= 0.3 is 12.3 Å². The van der Waals surface area contributed by atoms with Crippen LogP contribution in [0, 0.1) is 0 Å². The fourth-order valence-electron chi connectivity index (χ4n) is 3.47. The number of halogens is 3. The lowest BCUT2D eigenvalue weighted by molar-refractivity contribution is -0.137. The molecule has 0 saturated heterocycles. The zero-order chi connectivity index (χ0) is 26.8. The van der Waals surface area contributed by atoms with Crippen LogP contribution in [0.2, 0.25) is 0 Å². The Hall–Kier alpha value is -3.89. The zero-order valence-corrected chi connectivity index (χ0v) is 20.4. The summed E-state index contributed by atoms with van der Waals surface area (Å²) < 4.78 is 44.3. The number of alkyl halides is 3. The molecular formula is C25H27F3N4O4. The fraction of sp³-hybridized carbons (Fsp3) is 0.360. The fourth-order valence-corrected chi connectivity index (χ4v) is 3.47. The lowest BCUT2D eigenvalue weighted by Gasteiger charge is -2.23. The number of fused-ring (bicyclic) bond motifs is 1. The van der Waals surface area contributed by atoms with E-state index < -0.39 is 47.5 Å². The van der Waals surface area contributed by atoms with Gasteiger partial charge in [0.1, 0.15) is 11.6 Å². The van der Waals surface area contributed by atoms with Gasteiger partial charge in [-0.25, -0.2) is 9.79 Å². The molecule has 8 nitrogen and oxygen atoms in total. The Bertz CT molecular complexity index is 1190. The van der Waals surface area contributed by atoms with E-state index in [9.17, 15) is 27.6 Å². The first-order valence-electron chi connectivity index (χ1n) is 11.1. The molecular weight excluding hydrogens is 477 g/mol. The second kappa shape index (κ2) is 10.00. The summed E-state index contributed by atoms with van der Waals surface area (Å²) in [4.78, 5) is 43.8. The first kappa shape index (κ1) is 26.7. The van der Waals surface area contributed by atoms with Crippen molar-refractivity contribution in [1.82, 2.24) is 10.6 Å². The second-order valence-corrected chi connectivity index (χ2v) is 9.25. The van der Waals surface area contributed by atoms with Crippen LogP contribution in [0.5, 0.6) is 0 Å². The van der Waals surface area contributed by atoms with Crippen LogP contribution < -0.4 is 15.5 Å². The number of aliphatic imine (C=N–C) groups is 1. The molecule has 11 heteroatoms. The molecule has 0 bridgehead atoms. The first-order valence-corrected chi connectivity index (χ1v) is 11.1. The molecule has 3 rings (SSSR count). The Balaban J connectivity index is 1.94. The van der Waals surface area contributed by atoms with E-state index in [2.05, 4.69) is 15.6 Å². The van der Waals surface area contributed by atoms with Crippen molar-refractivity contribution in [1.29, 1.82) is 0 Å². The maximum Gasteiger partial charge on any atom is 0.416 e. The van der Waals surface area contributed by atoms with E-state index >= 15 is 0 Å². The summed E-state index contributed by atoms with van der Waals surface area (Å²) in [7, 11) is 1.51. The number of ether oxygens (including phenoxy) is 1. The van der Waals surface area contributed by atoms with E-state index in [0.29, 0.717) is 16.8 Å². The summed E-state index contributed by atoms with van der Waals surface area (Å²) in [6, 6.07) is 10.1. The van der Waals surface area contributed by atoms with Gasteiger partial charge in [-0.3, -0.25) is 9.59 Å². The Morgan fingerprint density at radius 1 is 1.06 bits per heavy atom. The first-order chi connectivity index (χ1) is 16.7. The highest BCUT2D eigenvalue weighted by Gasteiger charge is 2.33. The molecule has 0 radical (unpaired) electrons. The van der Waals surface area contributed by atoms with Crippen LogP contribution >= 0.6 is 0 Å². The molecule has 0 fully saturated rings. The number of hydrogen-bond donors (Lipinski definition) is 2. The minimum atomic E-state index is -4.51. The molecule has 36 heavy (non-hydrogen) atoms. The standard InChI is InChI=1S/C25H27F3N4O4/c1-14(29-23(35)36-24(2,3)4)21(33)31-20-22(34)32(5)18-9-7-6-8-17(18)19(30-20)15-10-12-16(13-11-15)25(26,27)28/h6-14,20H,1-5H3,(H,29,35)(H,31,33). The van der Waals surface area contributed by atoms with Crippen LogP contribution in [0.1, 0.15) is 44.4 Å². The van der Waals surface area contributed by atoms with Crippen LogP contribution in [0.3, 0.4) is 0 Å². The number of carbonyl (C=O) groups excluding carboxylic acids is 3. The molecule has 0 spiro atoms. The SMILES string of the molecule is CC(NC(=O)OC(C)(C)C)C(=O)NC1N=C(c2ccc(C(F)(F)F)cc2)c2ccccc2N(C)C1=O. The van der Waals surface area contributed by atoms with Crippen LogP contribution in [0.4, 0.5) is 23.7 Å². The molecule has 3 amide bonds. The van der Waals surface area contributed by atoms with E-state index in [4.69, 9.17) is 4.74 Å².